The van der Waals surface area contributed by atoms with Crippen molar-refractivity contribution in [1.29, 1.82) is 0 Å². The SMILES string of the molecule is Cc1c(C(=O)NC(CO)C(=O)O)cnn1-c1ccc2ccccc2n1. The predicted octanol–water partition coefficient (Wildman–Crippen LogP) is 0.904. The molecule has 0 aliphatic heterocycles. The zero-order chi connectivity index (χ0) is 18.0. The van der Waals surface area contributed by atoms with Crippen molar-refractivity contribution in [3.63, 3.8) is 0 Å². The van der Waals surface area contributed by atoms with Crippen LogP contribution in [0.1, 0.15) is 16.1 Å². The van der Waals surface area contributed by atoms with E-state index in [4.69, 9.17) is 10.2 Å². The van der Waals surface area contributed by atoms with Gasteiger partial charge in [0.15, 0.2) is 11.9 Å². The summed E-state index contributed by atoms with van der Waals surface area (Å²) in [6.45, 7) is 0.994. The molecular formula is C17H16N4O4. The molecule has 3 aromatic rings. The van der Waals surface area contributed by atoms with Crippen LogP contribution in [-0.2, 0) is 4.79 Å². The summed E-state index contributed by atoms with van der Waals surface area (Å²) in [6, 6.07) is 9.96. The van der Waals surface area contributed by atoms with Crippen LogP contribution in [-0.4, -0.2) is 49.5 Å². The Morgan fingerprint density at radius 1 is 1.24 bits per heavy atom. The zero-order valence-electron chi connectivity index (χ0n) is 13.4. The second kappa shape index (κ2) is 6.70. The van der Waals surface area contributed by atoms with Gasteiger partial charge in [-0.25, -0.2) is 14.5 Å². The smallest absolute Gasteiger partial charge is 0.328 e. The van der Waals surface area contributed by atoms with Gasteiger partial charge in [0.2, 0.25) is 0 Å². The molecule has 1 atom stereocenters. The van der Waals surface area contributed by atoms with Gasteiger partial charge < -0.3 is 15.5 Å². The minimum atomic E-state index is -1.37. The summed E-state index contributed by atoms with van der Waals surface area (Å²) in [4.78, 5) is 27.7. The number of para-hydroxylation sites is 1. The lowest BCUT2D eigenvalue weighted by Gasteiger charge is -2.11. The number of benzene rings is 1. The first-order valence-corrected chi connectivity index (χ1v) is 7.56. The number of fused-ring (bicyclic) bond motifs is 1. The molecule has 0 radical (unpaired) electrons. The Morgan fingerprint density at radius 2 is 2.00 bits per heavy atom. The molecule has 1 amide bonds. The molecule has 1 aromatic carbocycles. The average Bonchev–Trinajstić information content (AvgIpc) is 3.00. The van der Waals surface area contributed by atoms with Gasteiger partial charge >= 0.3 is 5.97 Å². The van der Waals surface area contributed by atoms with Crippen LogP contribution in [0.15, 0.2) is 42.6 Å². The first-order chi connectivity index (χ1) is 12.0. The summed E-state index contributed by atoms with van der Waals surface area (Å²) < 4.78 is 1.51. The monoisotopic (exact) mass is 340 g/mol. The Morgan fingerprint density at radius 3 is 2.72 bits per heavy atom. The number of carboxylic acid groups (broad SMARTS) is 1. The van der Waals surface area contributed by atoms with Crippen molar-refractivity contribution in [2.75, 3.05) is 6.61 Å². The van der Waals surface area contributed by atoms with Crippen LogP contribution in [0.2, 0.25) is 0 Å². The van der Waals surface area contributed by atoms with E-state index >= 15 is 0 Å². The molecule has 0 saturated heterocycles. The third-order valence-corrected chi connectivity index (χ3v) is 3.84. The van der Waals surface area contributed by atoms with Gasteiger partial charge in [-0.15, -0.1) is 0 Å². The lowest BCUT2D eigenvalue weighted by atomic mass is 10.2. The quantitative estimate of drug-likeness (QED) is 0.635. The van der Waals surface area contributed by atoms with Gasteiger partial charge in [-0.05, 0) is 25.1 Å². The third kappa shape index (κ3) is 3.20. The van der Waals surface area contributed by atoms with E-state index in [9.17, 15) is 9.59 Å². The van der Waals surface area contributed by atoms with E-state index in [1.165, 1.54) is 10.9 Å². The van der Waals surface area contributed by atoms with Gasteiger partial charge in [0, 0.05) is 5.39 Å². The Bertz CT molecular complexity index is 951. The second-order valence-corrected chi connectivity index (χ2v) is 5.46. The highest BCUT2D eigenvalue weighted by molar-refractivity contribution is 5.97. The molecule has 0 spiro atoms. The topological polar surface area (TPSA) is 117 Å². The Labute approximate surface area is 142 Å². The number of carboxylic acids is 1. The zero-order valence-corrected chi connectivity index (χ0v) is 13.4. The molecule has 0 aliphatic rings. The molecule has 0 aliphatic carbocycles. The van der Waals surface area contributed by atoms with Crippen molar-refractivity contribution in [3.8, 4) is 5.82 Å². The lowest BCUT2D eigenvalue weighted by Crippen LogP contribution is -2.43. The molecular weight excluding hydrogens is 324 g/mol. The second-order valence-electron chi connectivity index (χ2n) is 5.46. The molecule has 0 saturated carbocycles. The standard InChI is InChI=1S/C17H16N4O4/c1-10-12(16(23)20-14(9-22)17(24)25)8-18-21(10)15-7-6-11-4-2-3-5-13(11)19-15/h2-8,14,22H,9H2,1H3,(H,20,23)(H,24,25). The van der Waals surface area contributed by atoms with Crippen LogP contribution in [0.5, 0.6) is 0 Å². The number of aliphatic hydroxyl groups is 1. The van der Waals surface area contributed by atoms with Gasteiger partial charge in [-0.1, -0.05) is 18.2 Å². The molecule has 8 nitrogen and oxygen atoms in total. The van der Waals surface area contributed by atoms with Crippen molar-refractivity contribution in [2.24, 2.45) is 0 Å². The average molecular weight is 340 g/mol. The molecule has 128 valence electrons. The number of amides is 1. The van der Waals surface area contributed by atoms with E-state index in [-0.39, 0.29) is 5.56 Å². The first-order valence-electron chi connectivity index (χ1n) is 7.56. The maximum Gasteiger partial charge on any atom is 0.328 e. The van der Waals surface area contributed by atoms with Gasteiger partial charge in [0.1, 0.15) is 0 Å². The summed E-state index contributed by atoms with van der Waals surface area (Å²) in [5, 5.41) is 25.4. The lowest BCUT2D eigenvalue weighted by molar-refractivity contribution is -0.140. The van der Waals surface area contributed by atoms with Crippen LogP contribution in [0.25, 0.3) is 16.7 Å². The number of hydrogen-bond donors (Lipinski definition) is 3. The molecule has 3 N–H and O–H groups in total. The highest BCUT2D eigenvalue weighted by Gasteiger charge is 2.22. The Balaban J connectivity index is 1.92. The van der Waals surface area contributed by atoms with Gasteiger partial charge in [-0.2, -0.15) is 5.10 Å². The summed E-state index contributed by atoms with van der Waals surface area (Å²) in [7, 11) is 0. The number of hydrogen-bond acceptors (Lipinski definition) is 5. The van der Waals surface area contributed by atoms with E-state index in [1.54, 1.807) is 13.0 Å². The highest BCUT2D eigenvalue weighted by Crippen LogP contribution is 2.17. The summed E-state index contributed by atoms with van der Waals surface area (Å²) in [5.41, 5.74) is 1.53. The fraction of sp³-hybridized carbons (Fsp3) is 0.176. The number of nitrogens with zero attached hydrogens (tertiary/aromatic N) is 3. The number of pyridine rings is 1. The summed E-state index contributed by atoms with van der Waals surface area (Å²) in [6.07, 6.45) is 1.35. The van der Waals surface area contributed by atoms with Crippen molar-refractivity contribution < 1.29 is 19.8 Å². The Hall–Kier alpha value is -3.26. The fourth-order valence-electron chi connectivity index (χ4n) is 2.46. The van der Waals surface area contributed by atoms with Crippen LogP contribution >= 0.6 is 0 Å². The van der Waals surface area contributed by atoms with E-state index in [0.29, 0.717) is 11.5 Å². The third-order valence-electron chi connectivity index (χ3n) is 3.84. The van der Waals surface area contributed by atoms with E-state index < -0.39 is 24.5 Å². The molecule has 3 rings (SSSR count). The van der Waals surface area contributed by atoms with E-state index in [0.717, 1.165) is 10.9 Å². The maximum atomic E-state index is 12.2. The van der Waals surface area contributed by atoms with Crippen molar-refractivity contribution >= 4 is 22.8 Å². The first kappa shape index (κ1) is 16.6. The molecule has 0 fully saturated rings. The fourth-order valence-corrected chi connectivity index (χ4v) is 2.46. The Kier molecular flexibility index (Phi) is 4.44. The summed E-state index contributed by atoms with van der Waals surface area (Å²) >= 11 is 0. The largest absolute Gasteiger partial charge is 0.480 e. The van der Waals surface area contributed by atoms with E-state index in [2.05, 4.69) is 15.4 Å². The van der Waals surface area contributed by atoms with Gasteiger partial charge in [-0.3, -0.25) is 4.79 Å². The number of carbonyl (C=O) groups is 2. The van der Waals surface area contributed by atoms with Crippen LogP contribution in [0.3, 0.4) is 0 Å². The number of nitrogens with one attached hydrogen (secondary N) is 1. The molecule has 2 heterocycles. The summed E-state index contributed by atoms with van der Waals surface area (Å²) in [5.74, 6) is -1.38. The van der Waals surface area contributed by atoms with Crippen molar-refractivity contribution in [2.45, 2.75) is 13.0 Å². The molecule has 25 heavy (non-hydrogen) atoms. The van der Waals surface area contributed by atoms with Crippen LogP contribution < -0.4 is 5.32 Å². The van der Waals surface area contributed by atoms with Crippen LogP contribution in [0, 0.1) is 6.92 Å². The van der Waals surface area contributed by atoms with Gasteiger partial charge in [0.25, 0.3) is 5.91 Å². The molecule has 1 unspecified atom stereocenters. The number of carbonyl (C=O) groups excluding carboxylic acids is 1. The minimum Gasteiger partial charge on any atom is -0.480 e. The predicted molar refractivity (Wildman–Crippen MR) is 89.6 cm³/mol. The van der Waals surface area contributed by atoms with Crippen molar-refractivity contribution in [3.05, 3.63) is 53.9 Å². The molecule has 0 bridgehead atoms. The maximum absolute atomic E-state index is 12.2. The number of rotatable bonds is 5. The van der Waals surface area contributed by atoms with Gasteiger partial charge in [0.05, 0.1) is 29.6 Å². The van der Waals surface area contributed by atoms with E-state index in [1.807, 2.05) is 30.3 Å². The number of aliphatic carboxylic acids is 1. The number of aliphatic hydroxyl groups excluding tert-OH is 1. The normalized spacial score (nSPS) is 12.1. The molecule has 2 aromatic heterocycles. The minimum absolute atomic E-state index is 0.217. The molecule has 8 heteroatoms. The van der Waals surface area contributed by atoms with Crippen molar-refractivity contribution in [1.82, 2.24) is 20.1 Å². The van der Waals surface area contributed by atoms with Crippen LogP contribution in [0.4, 0.5) is 0 Å². The number of aromatic nitrogens is 3. The highest BCUT2D eigenvalue weighted by atomic mass is 16.4.